The first-order valence-corrected chi connectivity index (χ1v) is 9.50. The molecule has 11 heteroatoms. The van der Waals surface area contributed by atoms with Crippen molar-refractivity contribution in [2.45, 2.75) is 20.3 Å². The van der Waals surface area contributed by atoms with E-state index in [0.717, 1.165) is 4.90 Å². The number of nitrogens with zero attached hydrogens (tertiary/aromatic N) is 2. The van der Waals surface area contributed by atoms with Crippen molar-refractivity contribution >= 4 is 34.5 Å². The van der Waals surface area contributed by atoms with Gasteiger partial charge in [0.15, 0.2) is 0 Å². The predicted octanol–water partition coefficient (Wildman–Crippen LogP) is 0.0827. The number of carbonyl (C=O) groups is 3. The summed E-state index contributed by atoms with van der Waals surface area (Å²) in [5.74, 6) is -2.10. The van der Waals surface area contributed by atoms with Crippen molar-refractivity contribution in [3.63, 3.8) is 0 Å². The minimum atomic E-state index is -3.09. The van der Waals surface area contributed by atoms with Crippen LogP contribution < -0.4 is 4.90 Å². The molecule has 1 aromatic rings. The maximum absolute atomic E-state index is 12.7. The topological polar surface area (TPSA) is 142 Å². The number of carbonyl (C=O) groups excluding carboxylic acids is 2. The molecule has 1 aliphatic heterocycles. The number of hydrogen-bond acceptors (Lipinski definition) is 8. The number of benzene rings is 1. The molecule has 2 amide bonds. The van der Waals surface area contributed by atoms with Gasteiger partial charge in [0.1, 0.15) is 6.73 Å². The Morgan fingerprint density at radius 1 is 1.21 bits per heavy atom. The number of aliphatic hydroxyl groups is 1. The van der Waals surface area contributed by atoms with E-state index in [0.29, 0.717) is 5.69 Å². The second-order valence-corrected chi connectivity index (χ2v) is 7.84. The average molecular weight is 414 g/mol. The maximum atomic E-state index is 12.7. The van der Waals surface area contributed by atoms with Gasteiger partial charge in [0, 0.05) is 18.8 Å². The first-order valence-electron chi connectivity index (χ1n) is 8.41. The first kappa shape index (κ1) is 21.8. The Bertz CT molecular complexity index is 857. The van der Waals surface area contributed by atoms with Gasteiger partial charge in [0.2, 0.25) is 0 Å². The Balaban J connectivity index is 2.28. The monoisotopic (exact) mass is 414 g/mol. The second kappa shape index (κ2) is 8.67. The molecule has 1 heterocycles. The molecule has 0 fully saturated rings. The fourth-order valence-electron chi connectivity index (χ4n) is 3.02. The summed E-state index contributed by atoms with van der Waals surface area (Å²) in [5.41, 5.74) is -0.0988. The van der Waals surface area contributed by atoms with Gasteiger partial charge in [-0.1, -0.05) is 13.8 Å². The van der Waals surface area contributed by atoms with Gasteiger partial charge in [-0.2, -0.15) is 0 Å². The van der Waals surface area contributed by atoms with Gasteiger partial charge in [-0.05, 0) is 23.6 Å². The lowest BCUT2D eigenvalue weighted by molar-refractivity contribution is -0.139. The van der Waals surface area contributed by atoms with Crippen LogP contribution in [0.5, 0.6) is 0 Å². The van der Waals surface area contributed by atoms with Crippen molar-refractivity contribution < 1.29 is 37.2 Å². The van der Waals surface area contributed by atoms with Crippen LogP contribution in [0.25, 0.3) is 0 Å². The van der Waals surface area contributed by atoms with Crippen LogP contribution in [0.4, 0.5) is 5.69 Å². The highest BCUT2D eigenvalue weighted by atomic mass is 32.2. The fourth-order valence-corrected chi connectivity index (χ4v) is 3.25. The van der Waals surface area contributed by atoms with Crippen molar-refractivity contribution in [2.75, 3.05) is 31.3 Å². The smallest absolute Gasteiger partial charge is 0.303 e. The number of fused-ring (bicyclic) bond motifs is 1. The lowest BCUT2D eigenvalue weighted by atomic mass is 9.89. The number of amides is 2. The molecule has 0 saturated heterocycles. The van der Waals surface area contributed by atoms with Crippen molar-refractivity contribution in [2.24, 2.45) is 5.41 Å². The summed E-state index contributed by atoms with van der Waals surface area (Å²) in [4.78, 5) is 38.7. The molecule has 2 rings (SSSR count). The molecule has 0 aliphatic carbocycles. The third-order valence-electron chi connectivity index (χ3n) is 4.22. The Labute approximate surface area is 163 Å². The molecular weight excluding hydrogens is 392 g/mol. The van der Waals surface area contributed by atoms with Crippen LogP contribution in [-0.2, 0) is 20.0 Å². The van der Waals surface area contributed by atoms with Gasteiger partial charge in [-0.15, -0.1) is 0 Å². The van der Waals surface area contributed by atoms with Crippen molar-refractivity contribution in [1.29, 1.82) is 0 Å². The highest BCUT2D eigenvalue weighted by Gasteiger charge is 2.39. The summed E-state index contributed by atoms with van der Waals surface area (Å²) in [6.45, 7) is 2.68. The van der Waals surface area contributed by atoms with Crippen molar-refractivity contribution in [1.82, 2.24) is 4.90 Å². The minimum Gasteiger partial charge on any atom is -0.481 e. The zero-order valence-electron chi connectivity index (χ0n) is 15.5. The van der Waals surface area contributed by atoms with Crippen LogP contribution in [0.3, 0.4) is 0 Å². The molecular formula is C17H22N2O8S. The van der Waals surface area contributed by atoms with E-state index in [9.17, 15) is 22.8 Å². The second-order valence-electron chi connectivity index (χ2n) is 7.13. The molecule has 0 atom stereocenters. The van der Waals surface area contributed by atoms with E-state index < -0.39 is 34.2 Å². The van der Waals surface area contributed by atoms with Crippen LogP contribution >= 0.6 is 0 Å². The minimum absolute atomic E-state index is 0.0545. The summed E-state index contributed by atoms with van der Waals surface area (Å²) in [6.07, 6.45) is -0.208. The maximum Gasteiger partial charge on any atom is 0.303 e. The number of carboxylic acid groups (broad SMARTS) is 1. The number of thiol groups is 1. The molecule has 1 aliphatic rings. The number of aliphatic hydroxyl groups excluding tert-OH is 1. The van der Waals surface area contributed by atoms with E-state index in [1.165, 1.54) is 23.1 Å². The average Bonchev–Trinajstić information content (AvgIpc) is 2.81. The van der Waals surface area contributed by atoms with Gasteiger partial charge in [0.25, 0.3) is 22.8 Å². The Hall–Kier alpha value is -2.50. The lowest BCUT2D eigenvalue weighted by Crippen LogP contribution is -2.39. The quantitative estimate of drug-likeness (QED) is 0.276. The number of carboxylic acids is 1. The van der Waals surface area contributed by atoms with E-state index in [4.69, 9.17) is 10.2 Å². The molecule has 154 valence electrons. The van der Waals surface area contributed by atoms with Gasteiger partial charge in [-0.3, -0.25) is 23.5 Å². The number of rotatable bonds is 10. The molecule has 0 bridgehead atoms. The molecule has 0 saturated carbocycles. The number of hydrogen-bond donors (Lipinski definition) is 3. The normalized spacial score (nSPS) is 13.9. The highest BCUT2D eigenvalue weighted by molar-refractivity contribution is 7.67. The number of aliphatic carboxylic acids is 1. The standard InChI is InChI=1S/C17H22N2O8S/c1-17(2,8-14(21)22)9-19-15(23)12-4-3-11(7-13(12)16(19)24)18(5-6-20)10-27-28(25)26/h3-4,7,20,28H,5-6,8-10H2,1-2H3,(H,21,22). The molecule has 2 N–H and O–H groups in total. The number of anilines is 1. The molecule has 1 aromatic carbocycles. The predicted molar refractivity (Wildman–Crippen MR) is 98.5 cm³/mol. The summed E-state index contributed by atoms with van der Waals surface area (Å²) in [6, 6.07) is 4.39. The van der Waals surface area contributed by atoms with Crippen LogP contribution in [0, 0.1) is 5.41 Å². The molecule has 0 unspecified atom stereocenters. The van der Waals surface area contributed by atoms with Crippen molar-refractivity contribution in [3.05, 3.63) is 29.3 Å². The summed E-state index contributed by atoms with van der Waals surface area (Å²) < 4.78 is 25.9. The van der Waals surface area contributed by atoms with Gasteiger partial charge >= 0.3 is 5.97 Å². The summed E-state index contributed by atoms with van der Waals surface area (Å²) in [5, 5.41) is 18.2. The van der Waals surface area contributed by atoms with Crippen LogP contribution in [-0.4, -0.2) is 67.7 Å². The SMILES string of the molecule is CC(C)(CC(=O)O)CN1C(=O)c2ccc(N(CCO)CO[SH](=O)=O)cc2C1=O. The molecule has 0 aromatic heterocycles. The summed E-state index contributed by atoms with van der Waals surface area (Å²) in [7, 11) is -3.09. The first-order chi connectivity index (χ1) is 13.1. The van der Waals surface area contributed by atoms with E-state index >= 15 is 0 Å². The molecule has 0 spiro atoms. The number of imide groups is 1. The van der Waals surface area contributed by atoms with E-state index in [1.54, 1.807) is 13.8 Å². The lowest BCUT2D eigenvalue weighted by Gasteiger charge is -2.27. The van der Waals surface area contributed by atoms with Crippen molar-refractivity contribution in [3.8, 4) is 0 Å². The summed E-state index contributed by atoms with van der Waals surface area (Å²) >= 11 is 0. The van der Waals surface area contributed by atoms with E-state index in [1.807, 2.05) is 0 Å². The van der Waals surface area contributed by atoms with Crippen LogP contribution in [0.2, 0.25) is 0 Å². The largest absolute Gasteiger partial charge is 0.481 e. The highest BCUT2D eigenvalue weighted by Crippen LogP contribution is 2.31. The Morgan fingerprint density at radius 2 is 1.86 bits per heavy atom. The third-order valence-corrected chi connectivity index (χ3v) is 4.55. The van der Waals surface area contributed by atoms with Gasteiger partial charge < -0.3 is 15.1 Å². The molecule has 0 radical (unpaired) electrons. The molecule has 10 nitrogen and oxygen atoms in total. The van der Waals surface area contributed by atoms with Crippen LogP contribution in [0.15, 0.2) is 18.2 Å². The van der Waals surface area contributed by atoms with Gasteiger partial charge in [0.05, 0.1) is 24.2 Å². The van der Waals surface area contributed by atoms with Gasteiger partial charge in [-0.25, -0.2) is 8.42 Å². The zero-order chi connectivity index (χ0) is 21.1. The van der Waals surface area contributed by atoms with Crippen LogP contribution in [0.1, 0.15) is 41.0 Å². The Morgan fingerprint density at radius 3 is 2.43 bits per heavy atom. The molecule has 28 heavy (non-hydrogen) atoms. The van der Waals surface area contributed by atoms with E-state index in [-0.39, 0.29) is 44.0 Å². The Kier molecular flexibility index (Phi) is 6.75. The third kappa shape index (κ3) is 5.06. The fraction of sp³-hybridized carbons (Fsp3) is 0.471. The van der Waals surface area contributed by atoms with E-state index in [2.05, 4.69) is 4.18 Å². The zero-order valence-corrected chi connectivity index (χ0v) is 16.3.